The molecular weight excluding hydrogens is 693 g/mol. The molecule has 0 amide bonds. The van der Waals surface area contributed by atoms with Crippen LogP contribution >= 0.6 is 11.3 Å². The van der Waals surface area contributed by atoms with E-state index in [-0.39, 0.29) is 14.9 Å². The van der Waals surface area contributed by atoms with Gasteiger partial charge in [-0.25, -0.2) is 14.6 Å². The molecule has 0 unspecified atom stereocenters. The van der Waals surface area contributed by atoms with E-state index in [0.717, 1.165) is 62.8 Å². The number of oxazole rings is 1. The summed E-state index contributed by atoms with van der Waals surface area (Å²) in [7, 11) is 0. The van der Waals surface area contributed by atoms with Gasteiger partial charge in [-0.2, -0.15) is 0 Å². The number of thiazole rings is 1. The molecule has 9 heteroatoms. The van der Waals surface area contributed by atoms with Gasteiger partial charge in [0, 0.05) is 0 Å². The Balaban J connectivity index is 0. The molecule has 4 heterocycles. The number of rotatable bonds is 0. The predicted octanol–water partition coefficient (Wildman–Crippen LogP) is 14.7. The first-order chi connectivity index (χ1) is 24.8. The highest BCUT2D eigenvalue weighted by atomic mass is 32.1. The largest absolute Gasteiger partial charge is 0.454 e. The fraction of sp³-hybridized carbons (Fsp3) is 0.422. The minimum Gasteiger partial charge on any atom is -0.454 e. The van der Waals surface area contributed by atoms with Gasteiger partial charge in [0.1, 0.15) is 16.6 Å². The summed E-state index contributed by atoms with van der Waals surface area (Å²) in [6.45, 7) is 26.4. The summed E-state index contributed by atoms with van der Waals surface area (Å²) in [5.74, 6) is 5.02. The van der Waals surface area contributed by atoms with Crippen LogP contribution in [-0.4, -0.2) is 27.1 Å². The third-order valence-electron chi connectivity index (χ3n) is 4.91. The summed E-state index contributed by atoms with van der Waals surface area (Å²) < 4.78 is 20.9. The SMILES string of the molecule is C.C.CC(C)C.CC(C)C.CC(C)C.CC(C)C.c1ccc2c(c1)OCO2.c1ccc2nonc2c1.c1ccc2ocnc2c1.c1ccc2scnc2c1. The van der Waals surface area contributed by atoms with Crippen molar-refractivity contribution in [1.82, 2.24) is 20.3 Å². The lowest BCUT2D eigenvalue weighted by molar-refractivity contribution is 0.174. The highest BCUT2D eigenvalue weighted by Gasteiger charge is 2.09. The zero-order chi connectivity index (χ0) is 38.7. The van der Waals surface area contributed by atoms with E-state index in [1.54, 1.807) is 11.3 Å². The molecule has 8 nitrogen and oxygen atoms in total. The predicted molar refractivity (Wildman–Crippen MR) is 234 cm³/mol. The first-order valence-electron chi connectivity index (χ1n) is 17.9. The first-order valence-corrected chi connectivity index (χ1v) is 18.8. The van der Waals surface area contributed by atoms with Gasteiger partial charge in [-0.1, -0.05) is 146 Å². The number of ether oxygens (including phenoxy) is 2. The third-order valence-corrected chi connectivity index (χ3v) is 5.72. The van der Waals surface area contributed by atoms with Gasteiger partial charge in [-0.05, 0) is 82.5 Å². The molecule has 1 aliphatic rings. The van der Waals surface area contributed by atoms with E-state index < -0.39 is 0 Å². The van der Waals surface area contributed by atoms with Gasteiger partial charge < -0.3 is 13.9 Å². The summed E-state index contributed by atoms with van der Waals surface area (Å²) in [6.07, 6.45) is 1.45. The molecule has 0 fully saturated rings. The lowest BCUT2D eigenvalue weighted by atomic mass is 10.3. The van der Waals surface area contributed by atoms with E-state index in [9.17, 15) is 0 Å². The van der Waals surface area contributed by atoms with Crippen LogP contribution in [0.5, 0.6) is 11.5 Å². The Morgan fingerprint density at radius 2 is 0.870 bits per heavy atom. The van der Waals surface area contributed by atoms with E-state index in [4.69, 9.17) is 13.9 Å². The van der Waals surface area contributed by atoms with Gasteiger partial charge in [0.15, 0.2) is 23.5 Å². The molecule has 0 atom stereocenters. The maximum Gasteiger partial charge on any atom is 0.231 e. The smallest absolute Gasteiger partial charge is 0.231 e. The standard InChI is InChI=1S/C7H5NO.C7H5NS.C7H6O2.C6H4N2O.4C4H10.2CH4/c3*1-2-4-7-6(3-1)8-5-9-7;1-2-4-6-5(3-1)7-9-8-6;4*1-4(2)3;;/h2*1-5H;1-4H,5H2;1-4H;4*4H,1-3H3;2*1H4. The van der Waals surface area contributed by atoms with Crippen LogP contribution in [0.3, 0.4) is 0 Å². The molecule has 0 spiro atoms. The average Bonchev–Trinajstić information content (AvgIpc) is 3.91. The van der Waals surface area contributed by atoms with E-state index >= 15 is 0 Å². The lowest BCUT2D eigenvalue weighted by Crippen LogP contribution is -1.92. The molecule has 8 rings (SSSR count). The average molecular weight is 761 g/mol. The number of hydrogen-bond donors (Lipinski definition) is 0. The Labute approximate surface area is 330 Å². The zero-order valence-electron chi connectivity index (χ0n) is 33.2. The van der Waals surface area contributed by atoms with E-state index in [2.05, 4.69) is 114 Å². The maximum atomic E-state index is 5.08. The van der Waals surface area contributed by atoms with Gasteiger partial charge >= 0.3 is 0 Å². The van der Waals surface area contributed by atoms with Crippen LogP contribution in [0.2, 0.25) is 0 Å². The molecule has 298 valence electrons. The highest BCUT2D eigenvalue weighted by molar-refractivity contribution is 7.16. The van der Waals surface area contributed by atoms with Crippen molar-refractivity contribution in [2.75, 3.05) is 6.79 Å². The molecule has 0 bridgehead atoms. The van der Waals surface area contributed by atoms with Crippen molar-refractivity contribution in [1.29, 1.82) is 0 Å². The van der Waals surface area contributed by atoms with Crippen molar-refractivity contribution in [3.8, 4) is 11.5 Å². The second kappa shape index (κ2) is 30.7. The minimum absolute atomic E-state index is 0. The molecule has 0 saturated carbocycles. The molecule has 3 aromatic heterocycles. The highest BCUT2D eigenvalue weighted by Crippen LogP contribution is 2.30. The first kappa shape index (κ1) is 51.3. The fourth-order valence-electron chi connectivity index (χ4n) is 3.18. The molecule has 4 aromatic carbocycles. The Hall–Kier alpha value is -4.76. The van der Waals surface area contributed by atoms with Gasteiger partial charge in [0.05, 0.1) is 15.7 Å². The number of fused-ring (bicyclic) bond motifs is 4. The molecule has 0 N–H and O–H groups in total. The second-order valence-corrected chi connectivity index (χ2v) is 15.1. The third kappa shape index (κ3) is 25.3. The van der Waals surface area contributed by atoms with E-state index in [0.29, 0.717) is 6.79 Å². The van der Waals surface area contributed by atoms with Gasteiger partial charge in [-0.3, -0.25) is 0 Å². The topological polar surface area (TPSA) is 96.3 Å². The number of nitrogens with zero attached hydrogens (tertiary/aromatic N) is 4. The Kier molecular flexibility index (Phi) is 29.2. The number of hydrogen-bond acceptors (Lipinski definition) is 9. The van der Waals surface area contributed by atoms with Crippen LogP contribution in [0.15, 0.2) is 118 Å². The van der Waals surface area contributed by atoms with Crippen LogP contribution in [0.1, 0.15) is 97.9 Å². The molecule has 0 aliphatic carbocycles. The lowest BCUT2D eigenvalue weighted by Gasteiger charge is -1.89. The van der Waals surface area contributed by atoms with Crippen molar-refractivity contribution < 1.29 is 18.5 Å². The molecule has 7 aromatic rings. The van der Waals surface area contributed by atoms with Crippen molar-refractivity contribution in [2.45, 2.75) is 97.9 Å². The van der Waals surface area contributed by atoms with E-state index in [1.165, 1.54) is 11.1 Å². The van der Waals surface area contributed by atoms with Gasteiger partial charge in [-0.15, -0.1) is 11.3 Å². The summed E-state index contributed by atoms with van der Waals surface area (Å²) in [5.41, 5.74) is 6.33. The summed E-state index contributed by atoms with van der Waals surface area (Å²) in [5, 5.41) is 7.27. The van der Waals surface area contributed by atoms with Crippen LogP contribution in [0.4, 0.5) is 0 Å². The molecule has 54 heavy (non-hydrogen) atoms. The van der Waals surface area contributed by atoms with Gasteiger partial charge in [0.2, 0.25) is 6.79 Å². The summed E-state index contributed by atoms with van der Waals surface area (Å²) >= 11 is 1.68. The normalized spacial score (nSPS) is 10.1. The number of para-hydroxylation sites is 5. The molecule has 0 saturated heterocycles. The Bertz CT molecular complexity index is 1560. The maximum absolute atomic E-state index is 5.08. The van der Waals surface area contributed by atoms with Crippen LogP contribution in [-0.2, 0) is 0 Å². The van der Waals surface area contributed by atoms with Crippen molar-refractivity contribution >= 4 is 43.7 Å². The molecule has 1 aliphatic heterocycles. The minimum atomic E-state index is 0. The summed E-state index contributed by atoms with van der Waals surface area (Å²) in [6, 6.07) is 30.9. The zero-order valence-corrected chi connectivity index (χ0v) is 34.1. The van der Waals surface area contributed by atoms with Crippen molar-refractivity contribution in [3.63, 3.8) is 0 Å². The fourth-order valence-corrected chi connectivity index (χ4v) is 3.86. The van der Waals surface area contributed by atoms with Crippen molar-refractivity contribution in [2.24, 2.45) is 23.7 Å². The van der Waals surface area contributed by atoms with Crippen LogP contribution in [0.25, 0.3) is 32.3 Å². The monoisotopic (exact) mass is 760 g/mol. The number of aromatic nitrogens is 4. The number of benzene rings is 4. The van der Waals surface area contributed by atoms with Gasteiger partial charge in [0.25, 0.3) is 0 Å². The van der Waals surface area contributed by atoms with E-state index in [1.807, 2.05) is 96.5 Å². The van der Waals surface area contributed by atoms with Crippen LogP contribution < -0.4 is 9.47 Å². The van der Waals surface area contributed by atoms with Crippen molar-refractivity contribution in [3.05, 3.63) is 109 Å². The second-order valence-electron chi connectivity index (χ2n) is 14.2. The van der Waals surface area contributed by atoms with Crippen LogP contribution in [0, 0.1) is 23.7 Å². The quantitative estimate of drug-likeness (QED) is 0.151. The summed E-state index contributed by atoms with van der Waals surface area (Å²) in [4.78, 5) is 8.09. The Morgan fingerprint density at radius 3 is 1.31 bits per heavy atom. The molecule has 0 radical (unpaired) electrons. The Morgan fingerprint density at radius 1 is 0.481 bits per heavy atom. The molecular formula is C45H68N4O4S.